The molecule has 0 aliphatic carbocycles. The maximum absolute atomic E-state index is 12.2. The van der Waals surface area contributed by atoms with E-state index in [1.165, 1.54) is 12.8 Å². The van der Waals surface area contributed by atoms with Crippen molar-refractivity contribution in [2.45, 2.75) is 135 Å². The summed E-state index contributed by atoms with van der Waals surface area (Å²) in [5.74, 6) is -1.05. The van der Waals surface area contributed by atoms with E-state index < -0.39 is 58.4 Å². The first-order valence-electron chi connectivity index (χ1n) is 16.4. The van der Waals surface area contributed by atoms with Crippen molar-refractivity contribution >= 4 is 19.8 Å². The Morgan fingerprint density at radius 1 is 0.636 bits per heavy atom. The molecule has 3 N–H and O–H groups in total. The van der Waals surface area contributed by atoms with Crippen LogP contribution in [0, 0.1) is 0 Å². The predicted octanol–water partition coefficient (Wildman–Crippen LogP) is 7.27. The standard InChI is InChI=1S/C33H59O10P/c1-3-5-7-9-10-11-12-13-14-15-16-17-18-19-20-21-23-25-33(37)43-31(27-35)29-41-44(38,39)40-28-30(26-34)42-32(36)24-22-8-6-4-2/h5,7,10-11,13-14,30-31,34-35H,3-4,6,8-9,12,15-29H2,1-2H3,(H,38,39)/b7-5-,11-10-,14-13-. The second-order valence-electron chi connectivity index (χ2n) is 10.8. The van der Waals surface area contributed by atoms with Crippen LogP contribution in [0.25, 0.3) is 0 Å². The van der Waals surface area contributed by atoms with Crippen LogP contribution < -0.4 is 0 Å². The lowest BCUT2D eigenvalue weighted by molar-refractivity contribution is -0.153. The van der Waals surface area contributed by atoms with Crippen LogP contribution in [0.3, 0.4) is 0 Å². The van der Waals surface area contributed by atoms with Crippen molar-refractivity contribution in [3.63, 3.8) is 0 Å². The number of hydrogen-bond acceptors (Lipinski definition) is 9. The topological polar surface area (TPSA) is 149 Å². The third-order valence-corrected chi connectivity index (χ3v) is 7.57. The van der Waals surface area contributed by atoms with Crippen LogP contribution in [0.2, 0.25) is 0 Å². The Labute approximate surface area is 265 Å². The lowest BCUT2D eigenvalue weighted by Gasteiger charge is -2.20. The van der Waals surface area contributed by atoms with Crippen molar-refractivity contribution < 1.29 is 47.8 Å². The number of unbranched alkanes of at least 4 members (excludes halogenated alkanes) is 10. The van der Waals surface area contributed by atoms with Crippen LogP contribution in [-0.4, -0.2) is 65.7 Å². The van der Waals surface area contributed by atoms with Gasteiger partial charge in [0.05, 0.1) is 26.4 Å². The molecule has 0 radical (unpaired) electrons. The molecule has 0 aromatic rings. The Hall–Kier alpha value is -1.81. The number of rotatable bonds is 30. The number of allylic oxidation sites excluding steroid dienone is 6. The summed E-state index contributed by atoms with van der Waals surface area (Å²) < 4.78 is 32.0. The van der Waals surface area contributed by atoms with Gasteiger partial charge in [-0.1, -0.05) is 102 Å². The fraction of sp³-hybridized carbons (Fsp3) is 0.758. The first-order valence-corrected chi connectivity index (χ1v) is 17.9. The second kappa shape index (κ2) is 29.9. The molecule has 0 aromatic carbocycles. The zero-order chi connectivity index (χ0) is 32.7. The maximum Gasteiger partial charge on any atom is 0.472 e. The highest BCUT2D eigenvalue weighted by molar-refractivity contribution is 7.47. The largest absolute Gasteiger partial charge is 0.472 e. The van der Waals surface area contributed by atoms with Gasteiger partial charge in [-0.05, 0) is 44.9 Å². The number of ether oxygens (including phenoxy) is 2. The van der Waals surface area contributed by atoms with Crippen molar-refractivity contribution in [2.75, 3.05) is 26.4 Å². The molecule has 0 saturated heterocycles. The first kappa shape index (κ1) is 42.2. The lowest BCUT2D eigenvalue weighted by atomic mass is 10.1. The van der Waals surface area contributed by atoms with Gasteiger partial charge in [0.1, 0.15) is 12.2 Å². The Morgan fingerprint density at radius 3 is 1.55 bits per heavy atom. The summed E-state index contributed by atoms with van der Waals surface area (Å²) in [4.78, 5) is 33.9. The fourth-order valence-electron chi connectivity index (χ4n) is 4.07. The Kier molecular flexibility index (Phi) is 28.6. The van der Waals surface area contributed by atoms with E-state index in [1.807, 2.05) is 0 Å². The van der Waals surface area contributed by atoms with E-state index in [0.29, 0.717) is 12.8 Å². The molecule has 0 bridgehead atoms. The van der Waals surface area contributed by atoms with Crippen LogP contribution in [0.4, 0.5) is 0 Å². The molecular weight excluding hydrogens is 587 g/mol. The Bertz CT molecular complexity index is 842. The zero-order valence-electron chi connectivity index (χ0n) is 27.1. The first-order chi connectivity index (χ1) is 21.3. The number of aliphatic hydroxyl groups excluding tert-OH is 2. The van der Waals surface area contributed by atoms with E-state index in [0.717, 1.165) is 70.6 Å². The SMILES string of the molecule is CC/C=C\C/C=C\C/C=C\CCCCCCCCCC(=O)OC(CO)COP(=O)(O)OCC(CO)OC(=O)CCCCCC. The molecule has 11 heteroatoms. The number of hydrogen-bond donors (Lipinski definition) is 3. The van der Waals surface area contributed by atoms with Gasteiger partial charge in [-0.2, -0.15) is 0 Å². The van der Waals surface area contributed by atoms with E-state index in [4.69, 9.17) is 18.5 Å². The highest BCUT2D eigenvalue weighted by atomic mass is 31.2. The number of carbonyl (C=O) groups excluding carboxylic acids is 2. The van der Waals surface area contributed by atoms with E-state index in [-0.39, 0.29) is 12.8 Å². The molecular formula is C33H59O10P. The number of carbonyl (C=O) groups is 2. The minimum Gasteiger partial charge on any atom is -0.457 e. The minimum absolute atomic E-state index is 0.180. The number of aliphatic hydroxyl groups is 2. The fourth-order valence-corrected chi connectivity index (χ4v) is 4.85. The molecule has 0 spiro atoms. The summed E-state index contributed by atoms with van der Waals surface area (Å²) in [6.45, 7) is 1.89. The molecule has 0 fully saturated rings. The van der Waals surface area contributed by atoms with Gasteiger partial charge in [0.2, 0.25) is 0 Å². The van der Waals surface area contributed by atoms with Crippen molar-refractivity contribution in [1.29, 1.82) is 0 Å². The van der Waals surface area contributed by atoms with Crippen molar-refractivity contribution in [3.8, 4) is 0 Å². The van der Waals surface area contributed by atoms with Crippen molar-refractivity contribution in [2.24, 2.45) is 0 Å². The van der Waals surface area contributed by atoms with Crippen LogP contribution in [0.1, 0.15) is 123 Å². The molecule has 44 heavy (non-hydrogen) atoms. The number of phosphoric acid groups is 1. The van der Waals surface area contributed by atoms with E-state index in [2.05, 4.69) is 50.3 Å². The van der Waals surface area contributed by atoms with Gasteiger partial charge in [-0.3, -0.25) is 18.6 Å². The quantitative estimate of drug-likeness (QED) is 0.0315. The average Bonchev–Trinajstić information content (AvgIpc) is 3.01. The Balaban J connectivity index is 3.97. The van der Waals surface area contributed by atoms with E-state index in [1.54, 1.807) is 0 Å². The molecule has 0 saturated carbocycles. The molecule has 0 aliphatic rings. The highest BCUT2D eigenvalue weighted by Crippen LogP contribution is 2.43. The smallest absolute Gasteiger partial charge is 0.457 e. The molecule has 0 aromatic heterocycles. The third-order valence-electron chi connectivity index (χ3n) is 6.62. The van der Waals surface area contributed by atoms with Crippen LogP contribution in [0.5, 0.6) is 0 Å². The van der Waals surface area contributed by atoms with E-state index >= 15 is 0 Å². The molecule has 3 atom stereocenters. The monoisotopic (exact) mass is 646 g/mol. The minimum atomic E-state index is -4.61. The van der Waals surface area contributed by atoms with Crippen LogP contribution in [0.15, 0.2) is 36.5 Å². The summed E-state index contributed by atoms with van der Waals surface area (Å²) in [6, 6.07) is 0. The molecule has 0 aliphatic heterocycles. The van der Waals surface area contributed by atoms with Crippen molar-refractivity contribution in [3.05, 3.63) is 36.5 Å². The summed E-state index contributed by atoms with van der Waals surface area (Å²) in [7, 11) is -4.61. The van der Waals surface area contributed by atoms with Gasteiger partial charge in [-0.25, -0.2) is 4.57 Å². The van der Waals surface area contributed by atoms with Gasteiger partial charge in [0, 0.05) is 12.8 Å². The summed E-state index contributed by atoms with van der Waals surface area (Å²) in [6.07, 6.45) is 26.3. The molecule has 0 heterocycles. The van der Waals surface area contributed by atoms with Crippen LogP contribution in [-0.2, 0) is 32.7 Å². The van der Waals surface area contributed by atoms with Gasteiger partial charge < -0.3 is 24.6 Å². The molecule has 256 valence electrons. The van der Waals surface area contributed by atoms with E-state index in [9.17, 15) is 29.3 Å². The number of phosphoric ester groups is 1. The zero-order valence-corrected chi connectivity index (χ0v) is 28.0. The summed E-state index contributed by atoms with van der Waals surface area (Å²) >= 11 is 0. The lowest BCUT2D eigenvalue weighted by Crippen LogP contribution is -2.28. The normalized spacial score (nSPS) is 14.8. The van der Waals surface area contributed by atoms with Gasteiger partial charge >= 0.3 is 19.8 Å². The molecule has 0 amide bonds. The molecule has 0 rings (SSSR count). The van der Waals surface area contributed by atoms with Gasteiger partial charge in [0.15, 0.2) is 0 Å². The number of esters is 2. The van der Waals surface area contributed by atoms with Crippen molar-refractivity contribution in [1.82, 2.24) is 0 Å². The highest BCUT2D eigenvalue weighted by Gasteiger charge is 2.27. The predicted molar refractivity (Wildman–Crippen MR) is 173 cm³/mol. The average molecular weight is 647 g/mol. The Morgan fingerprint density at radius 2 is 1.07 bits per heavy atom. The third kappa shape index (κ3) is 27.7. The summed E-state index contributed by atoms with van der Waals surface area (Å²) in [5.41, 5.74) is 0. The van der Waals surface area contributed by atoms with Crippen LogP contribution >= 0.6 is 7.82 Å². The molecule has 10 nitrogen and oxygen atoms in total. The van der Waals surface area contributed by atoms with Gasteiger partial charge in [0.25, 0.3) is 0 Å². The molecule has 3 unspecified atom stereocenters. The van der Waals surface area contributed by atoms with Gasteiger partial charge in [-0.15, -0.1) is 0 Å². The summed E-state index contributed by atoms with van der Waals surface area (Å²) in [5, 5.41) is 18.9. The maximum atomic E-state index is 12.2. The second-order valence-corrected chi connectivity index (χ2v) is 12.2.